The van der Waals surface area contributed by atoms with Crippen LogP contribution >= 0.6 is 15.9 Å². The largest absolute Gasteiger partial charge is 0.360 e. The van der Waals surface area contributed by atoms with E-state index in [2.05, 4.69) is 97.3 Å². The highest BCUT2D eigenvalue weighted by Crippen LogP contribution is 2.25. The average Bonchev–Trinajstić information content (AvgIpc) is 3.08. The van der Waals surface area contributed by atoms with Gasteiger partial charge in [0.1, 0.15) is 0 Å². The van der Waals surface area contributed by atoms with Gasteiger partial charge in [-0.05, 0) is 28.1 Å². The van der Waals surface area contributed by atoms with Crippen molar-refractivity contribution in [2.75, 3.05) is 0 Å². The standard InChI is InChI=1S/C19H15BrN3/c20-17-6-7-18(16-8-9-21-19(16)17)23-12-10-22(11-13-23)14-15-4-2-1-3-5-15/h1-13H,14H2/q+1/p+1. The topological polar surface area (TPSA) is 23.5 Å². The third-order valence-electron chi connectivity index (χ3n) is 3.97. The van der Waals surface area contributed by atoms with Crippen LogP contribution in [0.3, 0.4) is 0 Å². The molecule has 0 spiro atoms. The van der Waals surface area contributed by atoms with E-state index in [1.54, 1.807) is 0 Å². The molecule has 4 rings (SSSR count). The lowest BCUT2D eigenvalue weighted by Crippen LogP contribution is -2.40. The van der Waals surface area contributed by atoms with Crippen molar-refractivity contribution in [2.24, 2.45) is 0 Å². The Morgan fingerprint density at radius 1 is 0.870 bits per heavy atom. The minimum Gasteiger partial charge on any atom is -0.360 e. The van der Waals surface area contributed by atoms with E-state index in [9.17, 15) is 0 Å². The number of aromatic nitrogens is 3. The number of fused-ring (bicyclic) bond motifs is 1. The highest BCUT2D eigenvalue weighted by atomic mass is 79.9. The van der Waals surface area contributed by atoms with Crippen LogP contribution in [0.1, 0.15) is 5.56 Å². The number of H-pyrrole nitrogens is 1. The molecule has 112 valence electrons. The van der Waals surface area contributed by atoms with Gasteiger partial charge in [-0.2, -0.15) is 9.13 Å². The maximum absolute atomic E-state index is 3.59. The molecule has 0 atom stereocenters. The summed E-state index contributed by atoms with van der Waals surface area (Å²) in [5, 5.41) is 1.20. The highest BCUT2D eigenvalue weighted by molar-refractivity contribution is 9.10. The summed E-state index contributed by atoms with van der Waals surface area (Å²) >= 11 is 3.59. The molecule has 4 aromatic rings. The molecule has 23 heavy (non-hydrogen) atoms. The summed E-state index contributed by atoms with van der Waals surface area (Å²) in [5.41, 5.74) is 3.58. The van der Waals surface area contributed by atoms with Crippen LogP contribution in [-0.4, -0.2) is 4.98 Å². The van der Waals surface area contributed by atoms with E-state index in [-0.39, 0.29) is 0 Å². The number of hydrogen-bond acceptors (Lipinski definition) is 0. The highest BCUT2D eigenvalue weighted by Gasteiger charge is 2.15. The third kappa shape index (κ3) is 2.78. The second-order valence-electron chi connectivity index (χ2n) is 5.49. The molecule has 0 bridgehead atoms. The van der Waals surface area contributed by atoms with E-state index in [1.807, 2.05) is 12.3 Å². The first-order chi connectivity index (χ1) is 11.3. The number of rotatable bonds is 3. The number of benzene rings is 2. The van der Waals surface area contributed by atoms with E-state index in [1.165, 1.54) is 10.9 Å². The Kier molecular flexibility index (Phi) is 3.67. The molecule has 4 heteroatoms. The van der Waals surface area contributed by atoms with E-state index in [0.717, 1.165) is 22.2 Å². The normalized spacial score (nSPS) is 11.0. The minimum atomic E-state index is 0.877. The molecule has 2 heterocycles. The quantitative estimate of drug-likeness (QED) is 0.537. The minimum absolute atomic E-state index is 0.877. The maximum atomic E-state index is 3.59. The van der Waals surface area contributed by atoms with Crippen molar-refractivity contribution >= 4 is 26.8 Å². The Bertz CT molecular complexity index is 943. The van der Waals surface area contributed by atoms with Gasteiger partial charge in [-0.15, -0.1) is 0 Å². The Balaban J connectivity index is 1.67. The second-order valence-corrected chi connectivity index (χ2v) is 6.35. The predicted molar refractivity (Wildman–Crippen MR) is 93.3 cm³/mol. The Hall–Kier alpha value is -2.46. The molecular weight excluding hydrogens is 350 g/mol. The first kappa shape index (κ1) is 14.2. The van der Waals surface area contributed by atoms with Crippen LogP contribution in [0.4, 0.5) is 0 Å². The van der Waals surface area contributed by atoms with Crippen LogP contribution in [0.2, 0.25) is 0 Å². The van der Waals surface area contributed by atoms with Crippen LogP contribution < -0.4 is 9.13 Å². The lowest BCUT2D eigenvalue weighted by molar-refractivity contribution is -0.714. The van der Waals surface area contributed by atoms with Crippen molar-refractivity contribution in [3.63, 3.8) is 0 Å². The molecule has 2 aromatic carbocycles. The van der Waals surface area contributed by atoms with Gasteiger partial charge in [-0.1, -0.05) is 30.3 Å². The zero-order valence-corrected chi connectivity index (χ0v) is 14.1. The fourth-order valence-electron chi connectivity index (χ4n) is 2.81. The van der Waals surface area contributed by atoms with E-state index in [4.69, 9.17) is 0 Å². The van der Waals surface area contributed by atoms with Gasteiger partial charge >= 0.3 is 0 Å². The molecule has 0 aliphatic rings. The van der Waals surface area contributed by atoms with Crippen LogP contribution in [0.25, 0.3) is 16.6 Å². The molecule has 0 aliphatic heterocycles. The Morgan fingerprint density at radius 3 is 2.43 bits per heavy atom. The van der Waals surface area contributed by atoms with Crippen LogP contribution in [-0.2, 0) is 6.54 Å². The van der Waals surface area contributed by atoms with Crippen molar-refractivity contribution in [1.82, 2.24) is 4.98 Å². The third-order valence-corrected chi connectivity index (χ3v) is 4.63. The van der Waals surface area contributed by atoms with E-state index >= 15 is 0 Å². The fraction of sp³-hybridized carbons (Fsp3) is 0.0526. The molecule has 3 nitrogen and oxygen atoms in total. The molecular formula is C19H16BrN3+2. The number of nitrogens with zero attached hydrogens (tertiary/aromatic N) is 2. The van der Waals surface area contributed by atoms with Crippen LogP contribution in [0.5, 0.6) is 0 Å². The zero-order chi connectivity index (χ0) is 15.6. The maximum Gasteiger partial charge on any atom is 0.239 e. The van der Waals surface area contributed by atoms with Crippen molar-refractivity contribution < 1.29 is 9.13 Å². The van der Waals surface area contributed by atoms with Crippen molar-refractivity contribution in [2.45, 2.75) is 6.54 Å². The number of aromatic amines is 1. The summed E-state index contributed by atoms with van der Waals surface area (Å²) < 4.78 is 5.40. The van der Waals surface area contributed by atoms with Gasteiger partial charge in [0.2, 0.25) is 30.5 Å². The average molecular weight is 366 g/mol. The van der Waals surface area contributed by atoms with Gasteiger partial charge < -0.3 is 4.98 Å². The molecule has 0 amide bonds. The van der Waals surface area contributed by atoms with Gasteiger partial charge in [0, 0.05) is 22.3 Å². The molecule has 0 saturated carbocycles. The molecule has 0 saturated heterocycles. The Labute approximate surface area is 143 Å². The lowest BCUT2D eigenvalue weighted by atomic mass is 10.2. The monoisotopic (exact) mass is 365 g/mol. The summed E-state index contributed by atoms with van der Waals surface area (Å²) in [7, 11) is 0. The molecule has 1 N–H and O–H groups in total. The van der Waals surface area contributed by atoms with Gasteiger partial charge in [0.25, 0.3) is 0 Å². The van der Waals surface area contributed by atoms with Gasteiger partial charge in [-0.3, -0.25) is 0 Å². The number of nitrogens with one attached hydrogen (secondary N) is 1. The predicted octanol–water partition coefficient (Wildman–Crippen LogP) is 3.54. The fourth-order valence-corrected chi connectivity index (χ4v) is 3.27. The smallest absolute Gasteiger partial charge is 0.239 e. The molecule has 0 aliphatic carbocycles. The molecule has 0 unspecified atom stereocenters. The van der Waals surface area contributed by atoms with Gasteiger partial charge in [0.15, 0.2) is 6.54 Å². The van der Waals surface area contributed by atoms with Crippen molar-refractivity contribution in [3.8, 4) is 5.69 Å². The molecule has 0 fully saturated rings. The van der Waals surface area contributed by atoms with Crippen LogP contribution in [0, 0.1) is 0 Å². The zero-order valence-electron chi connectivity index (χ0n) is 12.5. The summed E-state index contributed by atoms with van der Waals surface area (Å²) in [6, 6.07) is 16.8. The molecule has 0 radical (unpaired) electrons. The summed E-state index contributed by atoms with van der Waals surface area (Å²) in [5.74, 6) is 0. The first-order valence-corrected chi connectivity index (χ1v) is 8.31. The summed E-state index contributed by atoms with van der Waals surface area (Å²) in [6.45, 7) is 0.877. The number of halogens is 1. The Morgan fingerprint density at radius 2 is 1.65 bits per heavy atom. The summed E-state index contributed by atoms with van der Waals surface area (Å²) in [6.07, 6.45) is 10.4. The van der Waals surface area contributed by atoms with E-state index in [0.29, 0.717) is 0 Å². The van der Waals surface area contributed by atoms with Crippen LogP contribution in [0.15, 0.2) is 84.0 Å². The van der Waals surface area contributed by atoms with Gasteiger partial charge in [-0.25, -0.2) is 0 Å². The SMILES string of the molecule is Brc1ccc(-[n+]2cc[n+](Cc3ccccc3)cc2)c2cc[nH]c12. The summed E-state index contributed by atoms with van der Waals surface area (Å²) in [4.78, 5) is 3.28. The number of hydrogen-bond donors (Lipinski definition) is 1. The van der Waals surface area contributed by atoms with Gasteiger partial charge in [0.05, 0.1) is 10.9 Å². The lowest BCUT2D eigenvalue weighted by Gasteiger charge is -2.00. The van der Waals surface area contributed by atoms with Crippen molar-refractivity contribution in [1.29, 1.82) is 0 Å². The van der Waals surface area contributed by atoms with Crippen molar-refractivity contribution in [3.05, 3.63) is 89.6 Å². The first-order valence-electron chi connectivity index (χ1n) is 7.51. The second kappa shape index (κ2) is 5.97. The van der Waals surface area contributed by atoms with E-state index < -0.39 is 0 Å². The molecule has 2 aromatic heterocycles.